The number of aliphatic hydroxyl groups is 1. The summed E-state index contributed by atoms with van der Waals surface area (Å²) >= 11 is 0. The van der Waals surface area contributed by atoms with Gasteiger partial charge in [-0.2, -0.15) is 0 Å². The van der Waals surface area contributed by atoms with Gasteiger partial charge in [-0.1, -0.05) is 30.5 Å². The number of aliphatic hydroxyl groups excluding tert-OH is 1. The van der Waals surface area contributed by atoms with Gasteiger partial charge in [0.05, 0.1) is 12.0 Å². The molecule has 1 saturated carbocycles. The minimum atomic E-state index is -0.625. The average molecular weight is 261 g/mol. The van der Waals surface area contributed by atoms with Gasteiger partial charge >= 0.3 is 0 Å². The van der Waals surface area contributed by atoms with Gasteiger partial charge in [0.2, 0.25) is 5.91 Å². The van der Waals surface area contributed by atoms with Crippen molar-refractivity contribution in [3.63, 3.8) is 0 Å². The summed E-state index contributed by atoms with van der Waals surface area (Å²) in [6.07, 6.45) is 2.52. The van der Waals surface area contributed by atoms with E-state index in [1.165, 1.54) is 0 Å². The summed E-state index contributed by atoms with van der Waals surface area (Å²) in [5.41, 5.74) is 1.52. The third-order valence-electron chi connectivity index (χ3n) is 3.62. The predicted molar refractivity (Wildman–Crippen MR) is 71.6 cm³/mol. The van der Waals surface area contributed by atoms with E-state index < -0.39 is 17.9 Å². The smallest absolute Gasteiger partial charge is 0.257 e. The summed E-state index contributed by atoms with van der Waals surface area (Å²) in [4.78, 5) is 23.9. The first-order valence-corrected chi connectivity index (χ1v) is 6.68. The van der Waals surface area contributed by atoms with Gasteiger partial charge < -0.3 is 5.11 Å². The summed E-state index contributed by atoms with van der Waals surface area (Å²) in [6, 6.07) is 7.04. The van der Waals surface area contributed by atoms with Crippen LogP contribution in [-0.2, 0) is 4.79 Å². The van der Waals surface area contributed by atoms with Crippen LogP contribution >= 0.6 is 0 Å². The number of hydrogen-bond acceptors (Lipinski definition) is 3. The Morgan fingerprint density at radius 3 is 2.42 bits per heavy atom. The number of amides is 2. The van der Waals surface area contributed by atoms with E-state index in [1.54, 1.807) is 12.1 Å². The van der Waals surface area contributed by atoms with Gasteiger partial charge in [-0.05, 0) is 31.9 Å². The molecule has 2 rings (SSSR count). The van der Waals surface area contributed by atoms with Crippen LogP contribution in [0.1, 0.15) is 41.6 Å². The molecular formula is C15H19NO3. The van der Waals surface area contributed by atoms with Crippen LogP contribution in [0.2, 0.25) is 0 Å². The van der Waals surface area contributed by atoms with Crippen LogP contribution in [0.4, 0.5) is 0 Å². The average Bonchev–Trinajstić information content (AvgIpc) is 2.39. The van der Waals surface area contributed by atoms with Crippen molar-refractivity contribution in [1.29, 1.82) is 0 Å². The Bertz CT molecular complexity index is 467. The van der Waals surface area contributed by atoms with Crippen LogP contribution in [-0.4, -0.2) is 23.0 Å². The molecule has 1 aliphatic carbocycles. The van der Waals surface area contributed by atoms with E-state index in [0.29, 0.717) is 18.4 Å². The predicted octanol–water partition coefficient (Wildman–Crippen LogP) is 1.80. The molecule has 0 bridgehead atoms. The van der Waals surface area contributed by atoms with Crippen LogP contribution in [0.3, 0.4) is 0 Å². The second kappa shape index (κ2) is 5.97. The van der Waals surface area contributed by atoms with Crippen molar-refractivity contribution in [1.82, 2.24) is 5.32 Å². The topological polar surface area (TPSA) is 66.4 Å². The van der Waals surface area contributed by atoms with Crippen molar-refractivity contribution in [3.8, 4) is 0 Å². The number of carbonyl (C=O) groups excluding carboxylic acids is 2. The zero-order chi connectivity index (χ0) is 13.8. The standard InChI is InChI=1S/C15H19NO3/c1-10-6-8-11(9-7-10)14(18)16-15(19)12-4-2-3-5-13(12)17/h6-9,12-13,17H,2-5H2,1H3,(H,16,18,19)/t12-,13-/m0/s1. The first kappa shape index (κ1) is 13.7. The highest BCUT2D eigenvalue weighted by atomic mass is 16.3. The normalized spacial score (nSPS) is 22.8. The summed E-state index contributed by atoms with van der Waals surface area (Å²) in [5, 5.41) is 12.2. The van der Waals surface area contributed by atoms with Crippen LogP contribution in [0, 0.1) is 12.8 Å². The van der Waals surface area contributed by atoms with E-state index in [9.17, 15) is 14.7 Å². The van der Waals surface area contributed by atoms with E-state index in [2.05, 4.69) is 5.32 Å². The maximum atomic E-state index is 12.0. The van der Waals surface area contributed by atoms with Gasteiger partial charge in [0, 0.05) is 5.56 Å². The fourth-order valence-corrected chi connectivity index (χ4v) is 2.40. The van der Waals surface area contributed by atoms with Crippen LogP contribution < -0.4 is 5.32 Å². The quantitative estimate of drug-likeness (QED) is 0.798. The highest BCUT2D eigenvalue weighted by Crippen LogP contribution is 2.24. The molecule has 4 nitrogen and oxygen atoms in total. The molecule has 0 heterocycles. The van der Waals surface area contributed by atoms with E-state index in [1.807, 2.05) is 19.1 Å². The molecule has 102 valence electrons. The SMILES string of the molecule is Cc1ccc(C(=O)NC(=O)[C@H]2CCCC[C@@H]2O)cc1. The van der Waals surface area contributed by atoms with Gasteiger partial charge in [-0.15, -0.1) is 0 Å². The molecular weight excluding hydrogens is 242 g/mol. The zero-order valence-electron chi connectivity index (χ0n) is 11.1. The first-order chi connectivity index (χ1) is 9.08. The van der Waals surface area contributed by atoms with E-state index in [-0.39, 0.29) is 5.91 Å². The lowest BCUT2D eigenvalue weighted by Gasteiger charge is -2.26. The highest BCUT2D eigenvalue weighted by molar-refractivity contribution is 6.05. The number of hydrogen-bond donors (Lipinski definition) is 2. The third kappa shape index (κ3) is 3.41. The molecule has 2 amide bonds. The number of benzene rings is 1. The second-order valence-corrected chi connectivity index (χ2v) is 5.14. The van der Waals surface area contributed by atoms with E-state index in [4.69, 9.17) is 0 Å². The van der Waals surface area contributed by atoms with E-state index in [0.717, 1.165) is 18.4 Å². The number of nitrogens with one attached hydrogen (secondary N) is 1. The Morgan fingerprint density at radius 2 is 1.79 bits per heavy atom. The molecule has 0 unspecified atom stereocenters. The second-order valence-electron chi connectivity index (χ2n) is 5.14. The molecule has 1 aromatic rings. The summed E-state index contributed by atoms with van der Waals surface area (Å²) in [7, 11) is 0. The van der Waals surface area contributed by atoms with Crippen molar-refractivity contribution < 1.29 is 14.7 Å². The first-order valence-electron chi connectivity index (χ1n) is 6.68. The van der Waals surface area contributed by atoms with Crippen molar-refractivity contribution in [3.05, 3.63) is 35.4 Å². The molecule has 1 fully saturated rings. The van der Waals surface area contributed by atoms with Gasteiger partial charge in [0.1, 0.15) is 0 Å². The lowest BCUT2D eigenvalue weighted by Crippen LogP contribution is -2.42. The molecule has 19 heavy (non-hydrogen) atoms. The largest absolute Gasteiger partial charge is 0.392 e. The minimum absolute atomic E-state index is 0.363. The maximum absolute atomic E-state index is 12.0. The molecule has 4 heteroatoms. The zero-order valence-corrected chi connectivity index (χ0v) is 11.1. The monoisotopic (exact) mass is 261 g/mol. The van der Waals surface area contributed by atoms with Gasteiger partial charge in [-0.25, -0.2) is 0 Å². The molecule has 0 aromatic heterocycles. The molecule has 1 aromatic carbocycles. The number of carbonyl (C=O) groups is 2. The van der Waals surface area contributed by atoms with Crippen LogP contribution in [0.15, 0.2) is 24.3 Å². The Balaban J connectivity index is 1.98. The Hall–Kier alpha value is -1.68. The molecule has 0 saturated heterocycles. The summed E-state index contributed by atoms with van der Waals surface area (Å²) in [5.74, 6) is -1.22. The van der Waals surface area contributed by atoms with Crippen LogP contribution in [0.25, 0.3) is 0 Å². The van der Waals surface area contributed by atoms with Crippen molar-refractivity contribution in [2.75, 3.05) is 0 Å². The fourth-order valence-electron chi connectivity index (χ4n) is 2.40. The van der Waals surface area contributed by atoms with Crippen LogP contribution in [0.5, 0.6) is 0 Å². The lowest BCUT2D eigenvalue weighted by atomic mass is 9.86. The molecule has 0 aliphatic heterocycles. The van der Waals surface area contributed by atoms with Crippen molar-refractivity contribution in [2.45, 2.75) is 38.7 Å². The molecule has 0 spiro atoms. The maximum Gasteiger partial charge on any atom is 0.257 e. The fraction of sp³-hybridized carbons (Fsp3) is 0.467. The lowest BCUT2D eigenvalue weighted by molar-refractivity contribution is -0.129. The van der Waals surface area contributed by atoms with Gasteiger partial charge in [0.25, 0.3) is 5.91 Å². The minimum Gasteiger partial charge on any atom is -0.392 e. The van der Waals surface area contributed by atoms with Crippen molar-refractivity contribution >= 4 is 11.8 Å². The Kier molecular flexibility index (Phi) is 4.32. The number of rotatable bonds is 2. The molecule has 1 aliphatic rings. The highest BCUT2D eigenvalue weighted by Gasteiger charge is 2.30. The number of imide groups is 1. The Morgan fingerprint density at radius 1 is 1.16 bits per heavy atom. The summed E-state index contributed by atoms with van der Waals surface area (Å²) in [6.45, 7) is 1.94. The van der Waals surface area contributed by atoms with Crippen molar-refractivity contribution in [2.24, 2.45) is 5.92 Å². The number of aryl methyl sites for hydroxylation is 1. The molecule has 2 atom stereocenters. The summed E-state index contributed by atoms with van der Waals surface area (Å²) < 4.78 is 0. The molecule has 2 N–H and O–H groups in total. The van der Waals surface area contributed by atoms with Gasteiger partial charge in [0.15, 0.2) is 0 Å². The Labute approximate surface area is 112 Å². The van der Waals surface area contributed by atoms with Gasteiger partial charge in [-0.3, -0.25) is 14.9 Å². The third-order valence-corrected chi connectivity index (χ3v) is 3.62. The van der Waals surface area contributed by atoms with E-state index >= 15 is 0 Å². The molecule has 0 radical (unpaired) electrons.